The first-order valence-corrected chi connectivity index (χ1v) is 8.96. The number of benzene rings is 1. The normalized spacial score (nSPS) is 15.0. The third kappa shape index (κ3) is 4.59. The highest BCUT2D eigenvalue weighted by Crippen LogP contribution is 2.56. The van der Waals surface area contributed by atoms with Gasteiger partial charge in [0.1, 0.15) is 11.3 Å². The maximum Gasteiger partial charge on any atom is 0.326 e. The monoisotopic (exact) mass is 327 g/mol. The van der Waals surface area contributed by atoms with Gasteiger partial charge in [-0.2, -0.15) is 0 Å². The Bertz CT molecular complexity index is 549. The van der Waals surface area contributed by atoms with Crippen molar-refractivity contribution in [3.63, 3.8) is 0 Å². The summed E-state index contributed by atoms with van der Waals surface area (Å²) in [4.78, 5) is 12.1. The summed E-state index contributed by atoms with van der Waals surface area (Å²) in [5.74, 6) is 0.0315. The average Bonchev–Trinajstić information content (AvgIpc) is 2.38. The van der Waals surface area contributed by atoms with E-state index < -0.39 is 24.2 Å². The van der Waals surface area contributed by atoms with Crippen molar-refractivity contribution in [3.05, 3.63) is 30.3 Å². The Labute approximate surface area is 132 Å². The zero-order valence-electron chi connectivity index (χ0n) is 14.2. The van der Waals surface area contributed by atoms with Crippen LogP contribution in [0.25, 0.3) is 0 Å². The zero-order valence-corrected chi connectivity index (χ0v) is 15.1. The van der Waals surface area contributed by atoms with E-state index in [0.717, 1.165) is 0 Å². The molecule has 0 fully saturated rings. The highest BCUT2D eigenvalue weighted by Gasteiger charge is 2.46. The Kier molecular flexibility index (Phi) is 5.82. The van der Waals surface area contributed by atoms with Crippen molar-refractivity contribution in [3.8, 4) is 5.75 Å². The number of ether oxygens (including phenoxy) is 1. The number of para-hydroxylation sites is 1. The van der Waals surface area contributed by atoms with Gasteiger partial charge in [0.05, 0.1) is 11.8 Å². The van der Waals surface area contributed by atoms with Crippen LogP contribution < -0.4 is 9.61 Å². The molecule has 124 valence electrons. The first-order chi connectivity index (χ1) is 10.0. The Morgan fingerprint density at radius 1 is 1.14 bits per heavy atom. The van der Waals surface area contributed by atoms with E-state index in [-0.39, 0.29) is 6.61 Å². The molecule has 1 rings (SSSR count). The van der Waals surface area contributed by atoms with Crippen LogP contribution in [0.2, 0.25) is 0 Å². The molecule has 22 heavy (non-hydrogen) atoms. The van der Waals surface area contributed by atoms with E-state index in [1.54, 1.807) is 45.0 Å². The molecule has 1 atom stereocenters. The van der Waals surface area contributed by atoms with Crippen molar-refractivity contribution >= 4 is 13.5 Å². The lowest BCUT2D eigenvalue weighted by molar-refractivity contribution is -0.149. The standard InChI is InChI=1S/C16H26NO4P/c1-7-20-14(18)16(5,6)17-22(19,15(2,3)4)21-13-11-9-8-10-12-13/h8-12H,7H2,1-6H3,(H,17,19)/t22-/m0/s1. The summed E-state index contributed by atoms with van der Waals surface area (Å²) < 4.78 is 24.2. The summed E-state index contributed by atoms with van der Waals surface area (Å²) in [6.45, 7) is 10.7. The number of carbonyl (C=O) groups is 1. The molecule has 0 aromatic heterocycles. The topological polar surface area (TPSA) is 64.6 Å². The predicted molar refractivity (Wildman–Crippen MR) is 88.3 cm³/mol. The van der Waals surface area contributed by atoms with E-state index in [1.807, 2.05) is 26.8 Å². The highest BCUT2D eigenvalue weighted by atomic mass is 31.2. The maximum atomic E-state index is 13.4. The summed E-state index contributed by atoms with van der Waals surface area (Å²) in [6, 6.07) is 8.93. The lowest BCUT2D eigenvalue weighted by atomic mass is 10.1. The zero-order chi connectivity index (χ0) is 17.0. The molecular formula is C16H26NO4P. The molecule has 0 radical (unpaired) electrons. The molecule has 5 nitrogen and oxygen atoms in total. The van der Waals surface area contributed by atoms with Gasteiger partial charge in [0.25, 0.3) is 0 Å². The van der Waals surface area contributed by atoms with Crippen LogP contribution in [-0.2, 0) is 14.1 Å². The second kappa shape index (κ2) is 6.84. The van der Waals surface area contributed by atoms with Crippen LogP contribution in [0.1, 0.15) is 41.5 Å². The Balaban J connectivity index is 3.09. The van der Waals surface area contributed by atoms with Gasteiger partial charge in [0, 0.05) is 0 Å². The van der Waals surface area contributed by atoms with Gasteiger partial charge in [-0.05, 0) is 53.7 Å². The summed E-state index contributed by atoms with van der Waals surface area (Å²) in [7, 11) is -3.37. The van der Waals surface area contributed by atoms with Crippen molar-refractivity contribution in [2.75, 3.05) is 6.61 Å². The molecular weight excluding hydrogens is 301 g/mol. The molecule has 0 saturated carbocycles. The van der Waals surface area contributed by atoms with Crippen LogP contribution in [0.15, 0.2) is 30.3 Å². The molecule has 0 aliphatic heterocycles. The molecule has 1 aromatic rings. The Hall–Kier alpha value is -1.32. The third-order valence-electron chi connectivity index (χ3n) is 3.07. The van der Waals surface area contributed by atoms with Crippen molar-refractivity contribution in [1.29, 1.82) is 0 Å². The molecule has 1 aromatic carbocycles. The molecule has 0 bridgehead atoms. The van der Waals surface area contributed by atoms with Crippen molar-refractivity contribution < 1.29 is 18.6 Å². The number of hydrogen-bond acceptors (Lipinski definition) is 4. The van der Waals surface area contributed by atoms with Gasteiger partial charge < -0.3 is 9.26 Å². The molecule has 0 heterocycles. The minimum absolute atomic E-state index is 0.267. The van der Waals surface area contributed by atoms with E-state index in [9.17, 15) is 9.36 Å². The highest BCUT2D eigenvalue weighted by molar-refractivity contribution is 7.59. The van der Waals surface area contributed by atoms with Gasteiger partial charge >= 0.3 is 13.5 Å². The van der Waals surface area contributed by atoms with Crippen LogP contribution >= 0.6 is 7.52 Å². The molecule has 0 amide bonds. The number of nitrogens with one attached hydrogen (secondary N) is 1. The molecule has 0 aliphatic carbocycles. The Morgan fingerprint density at radius 2 is 1.68 bits per heavy atom. The minimum Gasteiger partial charge on any atom is -0.465 e. The van der Waals surface area contributed by atoms with Crippen LogP contribution in [0.3, 0.4) is 0 Å². The van der Waals surface area contributed by atoms with Crippen molar-refractivity contribution in [2.24, 2.45) is 0 Å². The van der Waals surface area contributed by atoms with Gasteiger partial charge in [-0.25, -0.2) is 5.09 Å². The fourth-order valence-corrected chi connectivity index (χ4v) is 3.58. The van der Waals surface area contributed by atoms with E-state index >= 15 is 0 Å². The SMILES string of the molecule is CCOC(=O)C(C)(C)N[P@@](=O)(Oc1ccccc1)C(C)(C)C. The lowest BCUT2D eigenvalue weighted by Gasteiger charge is -2.36. The maximum absolute atomic E-state index is 13.4. The van der Waals surface area contributed by atoms with Gasteiger partial charge in [-0.15, -0.1) is 0 Å². The fourth-order valence-electron chi connectivity index (χ4n) is 1.68. The molecule has 0 unspecified atom stereocenters. The van der Waals surface area contributed by atoms with Crippen LogP contribution in [-0.4, -0.2) is 23.3 Å². The second-order valence-electron chi connectivity index (χ2n) is 6.58. The molecule has 6 heteroatoms. The number of rotatable bonds is 6. The van der Waals surface area contributed by atoms with E-state index in [0.29, 0.717) is 5.75 Å². The van der Waals surface area contributed by atoms with Gasteiger partial charge in [-0.3, -0.25) is 9.36 Å². The van der Waals surface area contributed by atoms with E-state index in [1.165, 1.54) is 0 Å². The number of hydrogen-bond donors (Lipinski definition) is 1. The largest absolute Gasteiger partial charge is 0.465 e. The predicted octanol–water partition coefficient (Wildman–Crippen LogP) is 3.99. The summed E-state index contributed by atoms with van der Waals surface area (Å²) in [6.07, 6.45) is 0. The van der Waals surface area contributed by atoms with Gasteiger partial charge in [0.2, 0.25) is 0 Å². The Morgan fingerprint density at radius 3 is 2.14 bits per heavy atom. The first kappa shape index (κ1) is 18.7. The molecule has 0 aliphatic rings. The number of carbonyl (C=O) groups excluding carboxylic acids is 1. The van der Waals surface area contributed by atoms with Crippen LogP contribution in [0.4, 0.5) is 0 Å². The van der Waals surface area contributed by atoms with E-state index in [4.69, 9.17) is 9.26 Å². The first-order valence-electron chi connectivity index (χ1n) is 7.33. The van der Waals surface area contributed by atoms with Crippen molar-refractivity contribution in [1.82, 2.24) is 5.09 Å². The summed E-state index contributed by atoms with van der Waals surface area (Å²) >= 11 is 0. The number of esters is 1. The fraction of sp³-hybridized carbons (Fsp3) is 0.562. The van der Waals surface area contributed by atoms with Crippen LogP contribution in [0.5, 0.6) is 5.75 Å². The third-order valence-corrected chi connectivity index (χ3v) is 6.16. The smallest absolute Gasteiger partial charge is 0.326 e. The molecule has 0 saturated heterocycles. The van der Waals surface area contributed by atoms with Gasteiger partial charge in [0.15, 0.2) is 0 Å². The molecule has 0 spiro atoms. The van der Waals surface area contributed by atoms with E-state index in [2.05, 4.69) is 5.09 Å². The quantitative estimate of drug-likeness (QED) is 0.632. The average molecular weight is 327 g/mol. The van der Waals surface area contributed by atoms with Crippen LogP contribution in [0, 0.1) is 0 Å². The minimum atomic E-state index is -3.37. The second-order valence-corrected chi connectivity index (χ2v) is 9.43. The van der Waals surface area contributed by atoms with Crippen molar-refractivity contribution in [2.45, 2.75) is 52.2 Å². The summed E-state index contributed by atoms with van der Waals surface area (Å²) in [5, 5.41) is 2.21. The lowest BCUT2D eigenvalue weighted by Crippen LogP contribution is -2.49. The molecule has 1 N–H and O–H groups in total. The van der Waals surface area contributed by atoms with Gasteiger partial charge in [-0.1, -0.05) is 18.2 Å². The summed E-state index contributed by atoms with van der Waals surface area (Å²) in [5.41, 5.74) is -1.12.